The molecule has 3 aliphatic carbocycles. The number of nitrogens with one attached hydrogen (secondary N) is 2. The van der Waals surface area contributed by atoms with Crippen molar-refractivity contribution in [2.45, 2.75) is 51.0 Å². The maximum Gasteiger partial charge on any atom is 0.407 e. The third-order valence-corrected chi connectivity index (χ3v) is 7.99. The average molecular weight is 477 g/mol. The lowest BCUT2D eigenvalue weighted by atomic mass is 9.98. The van der Waals surface area contributed by atoms with E-state index in [-0.39, 0.29) is 42.7 Å². The van der Waals surface area contributed by atoms with Gasteiger partial charge in [-0.1, -0.05) is 55.5 Å². The second kappa shape index (κ2) is 9.36. The van der Waals surface area contributed by atoms with E-state index in [0.29, 0.717) is 19.4 Å². The number of carboxylic acid groups (broad SMARTS) is 1. The smallest absolute Gasteiger partial charge is 0.407 e. The first-order valence-corrected chi connectivity index (χ1v) is 12.5. The summed E-state index contributed by atoms with van der Waals surface area (Å²) in [6.07, 6.45) is 2.47. The zero-order valence-corrected chi connectivity index (χ0v) is 20.0. The van der Waals surface area contributed by atoms with Gasteiger partial charge in [0.15, 0.2) is 0 Å². The Labute approximate surface area is 205 Å². The fraction of sp³-hybridized carbons (Fsp3) is 0.464. The maximum atomic E-state index is 12.8. The summed E-state index contributed by atoms with van der Waals surface area (Å²) in [6, 6.07) is 16.4. The number of benzene rings is 2. The highest BCUT2D eigenvalue weighted by Gasteiger charge is 2.65. The van der Waals surface area contributed by atoms with Crippen molar-refractivity contribution in [3.8, 4) is 11.1 Å². The van der Waals surface area contributed by atoms with Crippen LogP contribution >= 0.6 is 0 Å². The third kappa shape index (κ3) is 4.64. The van der Waals surface area contributed by atoms with Crippen LogP contribution in [0, 0.1) is 17.3 Å². The molecule has 0 saturated heterocycles. The number of fused-ring (bicyclic) bond motifs is 4. The Morgan fingerprint density at radius 1 is 1.06 bits per heavy atom. The molecule has 2 aromatic rings. The monoisotopic (exact) mass is 476 g/mol. The molecule has 4 atom stereocenters. The molecular formula is C28H32N2O5. The molecule has 35 heavy (non-hydrogen) atoms. The Bertz CT molecular complexity index is 1100. The molecule has 7 heteroatoms. The first kappa shape index (κ1) is 23.4. The van der Waals surface area contributed by atoms with Crippen LogP contribution in [0.1, 0.15) is 56.1 Å². The molecule has 0 aromatic heterocycles. The summed E-state index contributed by atoms with van der Waals surface area (Å²) in [7, 11) is 0. The van der Waals surface area contributed by atoms with Crippen molar-refractivity contribution >= 4 is 18.0 Å². The largest absolute Gasteiger partial charge is 0.481 e. The summed E-state index contributed by atoms with van der Waals surface area (Å²) in [5.41, 5.74) is 4.35. The summed E-state index contributed by atoms with van der Waals surface area (Å²) < 4.78 is 5.67. The summed E-state index contributed by atoms with van der Waals surface area (Å²) >= 11 is 0. The van der Waals surface area contributed by atoms with E-state index in [2.05, 4.69) is 34.9 Å². The van der Waals surface area contributed by atoms with Crippen molar-refractivity contribution < 1.29 is 24.2 Å². The van der Waals surface area contributed by atoms with Crippen LogP contribution in [0.3, 0.4) is 0 Å². The van der Waals surface area contributed by atoms with Crippen molar-refractivity contribution in [1.82, 2.24) is 10.6 Å². The van der Waals surface area contributed by atoms with E-state index < -0.39 is 17.5 Å². The molecular weight excluding hydrogens is 444 g/mol. The van der Waals surface area contributed by atoms with Crippen molar-refractivity contribution in [3.63, 3.8) is 0 Å². The van der Waals surface area contributed by atoms with Gasteiger partial charge in [-0.2, -0.15) is 0 Å². The van der Waals surface area contributed by atoms with Gasteiger partial charge in [-0.3, -0.25) is 9.59 Å². The molecule has 2 saturated carbocycles. The maximum absolute atomic E-state index is 12.8. The lowest BCUT2D eigenvalue weighted by molar-refractivity contribution is -0.137. The summed E-state index contributed by atoms with van der Waals surface area (Å²) in [5.74, 6) is -0.371. The number of alkyl carbamates (subject to hydrolysis) is 1. The Morgan fingerprint density at radius 3 is 2.37 bits per heavy atom. The lowest BCUT2D eigenvalue weighted by Gasteiger charge is -2.20. The van der Waals surface area contributed by atoms with Crippen LogP contribution in [-0.4, -0.2) is 42.3 Å². The molecule has 7 nitrogen and oxygen atoms in total. The summed E-state index contributed by atoms with van der Waals surface area (Å²) in [4.78, 5) is 36.2. The minimum atomic E-state index is -0.818. The zero-order valence-electron chi connectivity index (χ0n) is 20.0. The number of carbonyl (C=O) groups excluding carboxylic acids is 2. The number of hydrogen-bond acceptors (Lipinski definition) is 4. The molecule has 184 valence electrons. The summed E-state index contributed by atoms with van der Waals surface area (Å²) in [5, 5.41) is 14.8. The van der Waals surface area contributed by atoms with Crippen molar-refractivity contribution in [3.05, 3.63) is 59.7 Å². The standard InChI is InChI=1S/C28H32N2O5/c1-17(10-11-25(31)32)15-29-26(33)28-13-18(28)12-19(14-28)30-27(34)35-16-24-22-8-4-2-6-20(22)21-7-3-5-9-23(21)24/h2-9,17-19,24H,10-16H2,1H3,(H,29,33)(H,30,34)(H,31,32)/t17?,18-,19+,28+/m0/s1. The van der Waals surface area contributed by atoms with Gasteiger partial charge in [-0.25, -0.2) is 4.79 Å². The van der Waals surface area contributed by atoms with Gasteiger partial charge >= 0.3 is 12.1 Å². The SMILES string of the molecule is CC(CCC(=O)O)CNC(=O)[C@]12C[C@H](NC(=O)OCC3c4ccccc4-c4ccccc43)C[C@H]1C2. The van der Waals surface area contributed by atoms with Gasteiger partial charge in [0.25, 0.3) is 0 Å². The molecule has 3 aliphatic rings. The molecule has 1 unspecified atom stereocenters. The second-order valence-corrected chi connectivity index (χ2v) is 10.4. The number of amides is 2. The highest BCUT2D eigenvalue weighted by molar-refractivity contribution is 5.87. The number of aliphatic carboxylic acids is 1. The quantitative estimate of drug-likeness (QED) is 0.500. The van der Waals surface area contributed by atoms with Crippen LogP contribution in [0.4, 0.5) is 4.79 Å². The molecule has 2 aromatic carbocycles. The van der Waals surface area contributed by atoms with E-state index in [1.807, 2.05) is 31.2 Å². The predicted octanol–water partition coefficient (Wildman–Crippen LogP) is 4.31. The Kier molecular flexibility index (Phi) is 6.26. The normalized spacial score (nSPS) is 24.6. The minimum absolute atomic E-state index is 0.0189. The number of carboxylic acids is 1. The van der Waals surface area contributed by atoms with Crippen LogP contribution in [0.25, 0.3) is 11.1 Å². The second-order valence-electron chi connectivity index (χ2n) is 10.4. The van der Waals surface area contributed by atoms with E-state index in [0.717, 1.165) is 12.8 Å². The van der Waals surface area contributed by atoms with Gasteiger partial charge in [-0.05, 0) is 59.8 Å². The number of carbonyl (C=O) groups is 3. The van der Waals surface area contributed by atoms with Crippen LogP contribution in [0.2, 0.25) is 0 Å². The molecule has 2 fully saturated rings. The van der Waals surface area contributed by atoms with Crippen LogP contribution < -0.4 is 10.6 Å². The first-order chi connectivity index (χ1) is 16.9. The van der Waals surface area contributed by atoms with Crippen LogP contribution in [0.5, 0.6) is 0 Å². The number of hydrogen-bond donors (Lipinski definition) is 3. The molecule has 2 amide bonds. The van der Waals surface area contributed by atoms with E-state index in [1.165, 1.54) is 22.3 Å². The topological polar surface area (TPSA) is 105 Å². The summed E-state index contributed by atoms with van der Waals surface area (Å²) in [6.45, 7) is 2.70. The highest BCUT2D eigenvalue weighted by Crippen LogP contribution is 2.63. The van der Waals surface area contributed by atoms with Gasteiger partial charge in [0.2, 0.25) is 5.91 Å². The predicted molar refractivity (Wildman–Crippen MR) is 131 cm³/mol. The third-order valence-electron chi connectivity index (χ3n) is 7.99. The zero-order chi connectivity index (χ0) is 24.6. The van der Waals surface area contributed by atoms with Gasteiger partial charge < -0.3 is 20.5 Å². The van der Waals surface area contributed by atoms with Gasteiger partial charge in [0.1, 0.15) is 6.61 Å². The van der Waals surface area contributed by atoms with Crippen LogP contribution in [0.15, 0.2) is 48.5 Å². The van der Waals surface area contributed by atoms with E-state index in [9.17, 15) is 14.4 Å². The van der Waals surface area contributed by atoms with Gasteiger partial charge in [-0.15, -0.1) is 0 Å². The van der Waals surface area contributed by atoms with Crippen LogP contribution in [-0.2, 0) is 14.3 Å². The fourth-order valence-electron chi connectivity index (χ4n) is 6.01. The highest BCUT2D eigenvalue weighted by atomic mass is 16.5. The Balaban J connectivity index is 1.11. The van der Waals surface area contributed by atoms with Crippen molar-refractivity contribution in [2.24, 2.45) is 17.3 Å². The Morgan fingerprint density at radius 2 is 1.71 bits per heavy atom. The first-order valence-electron chi connectivity index (χ1n) is 12.5. The molecule has 0 radical (unpaired) electrons. The minimum Gasteiger partial charge on any atom is -0.481 e. The molecule has 3 N–H and O–H groups in total. The molecule has 0 bridgehead atoms. The Hall–Kier alpha value is -3.35. The fourth-order valence-corrected chi connectivity index (χ4v) is 6.01. The van der Waals surface area contributed by atoms with E-state index in [4.69, 9.17) is 9.84 Å². The van der Waals surface area contributed by atoms with E-state index >= 15 is 0 Å². The van der Waals surface area contributed by atoms with Crippen molar-refractivity contribution in [1.29, 1.82) is 0 Å². The van der Waals surface area contributed by atoms with E-state index in [1.54, 1.807) is 0 Å². The molecule has 0 heterocycles. The van der Waals surface area contributed by atoms with Gasteiger partial charge in [0, 0.05) is 24.9 Å². The average Bonchev–Trinajstić information content (AvgIpc) is 3.27. The lowest BCUT2D eigenvalue weighted by Crippen LogP contribution is -2.39. The number of ether oxygens (including phenoxy) is 1. The molecule has 0 aliphatic heterocycles. The molecule has 5 rings (SSSR count). The van der Waals surface area contributed by atoms with Gasteiger partial charge in [0.05, 0.1) is 5.41 Å². The van der Waals surface area contributed by atoms with Crippen molar-refractivity contribution in [2.75, 3.05) is 13.2 Å². The number of rotatable bonds is 9. The molecule has 0 spiro atoms.